The molecule has 1 aliphatic rings. The van der Waals surface area contributed by atoms with Crippen LogP contribution in [0.5, 0.6) is 5.75 Å². The smallest absolute Gasteiger partial charge is 0.324 e. The molecule has 3 amide bonds. The number of hydrogen-bond donors (Lipinski definition) is 6. The summed E-state index contributed by atoms with van der Waals surface area (Å²) in [5, 5.41) is 42.3. The van der Waals surface area contributed by atoms with Crippen molar-refractivity contribution in [3.8, 4) is 5.75 Å². The first-order valence-corrected chi connectivity index (χ1v) is 14.5. The van der Waals surface area contributed by atoms with Crippen LogP contribution in [0.1, 0.15) is 73.8 Å². The molecule has 42 heavy (non-hydrogen) atoms. The van der Waals surface area contributed by atoms with Gasteiger partial charge >= 0.3 is 6.03 Å². The number of carboxylic acid groups (broad SMARTS) is 1. The standard InChI is InChI=1S/C29H41N3O6.C2H4O2/c33-21-25-17-24(11-12-26(25)34)27(35)18-30-13-4-1-2-5-14-38-15-6-3-8-22-9-7-10-23(16-22)20-32-28(36)19-31-29(32)37;1-2(3)4/h7,9-12,16-17,27,30,33-35H,1-6,8,13-15,18-21H2,(H,31,37);1H3,(H,3,4)/t27-;/m0./s1. The SMILES string of the molecule is CC(=O)O.O=C1CNC(=O)N1Cc1cccc(CCCCOCCCCCCNC[C@H](O)c2ccc(O)c(CO)c2)c1. The Kier molecular flexibility index (Phi) is 16.2. The van der Waals surface area contributed by atoms with Crippen LogP contribution in [0.4, 0.5) is 4.79 Å². The molecule has 0 aliphatic carbocycles. The highest BCUT2D eigenvalue weighted by molar-refractivity contribution is 6.01. The summed E-state index contributed by atoms with van der Waals surface area (Å²) < 4.78 is 5.77. The van der Waals surface area contributed by atoms with Gasteiger partial charge in [0.25, 0.3) is 5.97 Å². The normalized spacial score (nSPS) is 13.5. The Hall–Kier alpha value is -3.51. The molecule has 0 saturated carbocycles. The molecule has 1 heterocycles. The number of nitrogens with zero attached hydrogens (tertiary/aromatic N) is 1. The molecule has 0 spiro atoms. The van der Waals surface area contributed by atoms with Crippen molar-refractivity contribution in [2.75, 3.05) is 32.8 Å². The van der Waals surface area contributed by atoms with Crippen LogP contribution in [0.2, 0.25) is 0 Å². The van der Waals surface area contributed by atoms with Crippen molar-refractivity contribution in [2.24, 2.45) is 0 Å². The number of aliphatic carboxylic acids is 1. The van der Waals surface area contributed by atoms with Crippen molar-refractivity contribution in [1.82, 2.24) is 15.5 Å². The van der Waals surface area contributed by atoms with Crippen LogP contribution in [0, 0.1) is 0 Å². The van der Waals surface area contributed by atoms with Crippen molar-refractivity contribution in [2.45, 2.75) is 71.1 Å². The number of carboxylic acids is 1. The molecule has 232 valence electrons. The second-order valence-corrected chi connectivity index (χ2v) is 10.2. The highest BCUT2D eigenvalue weighted by atomic mass is 16.5. The fraction of sp³-hybridized carbons (Fsp3) is 0.516. The Morgan fingerprint density at radius 3 is 2.40 bits per heavy atom. The number of aliphatic hydroxyl groups is 2. The van der Waals surface area contributed by atoms with E-state index in [4.69, 9.17) is 14.6 Å². The highest BCUT2D eigenvalue weighted by Gasteiger charge is 2.28. The van der Waals surface area contributed by atoms with E-state index in [1.54, 1.807) is 12.1 Å². The zero-order valence-corrected chi connectivity index (χ0v) is 24.4. The molecule has 1 aliphatic heterocycles. The minimum absolute atomic E-state index is 0.0356. The minimum atomic E-state index is -0.833. The summed E-state index contributed by atoms with van der Waals surface area (Å²) in [6.07, 6.45) is 6.54. The van der Waals surface area contributed by atoms with E-state index < -0.39 is 12.1 Å². The number of nitrogens with one attached hydrogen (secondary N) is 2. The van der Waals surface area contributed by atoms with Crippen molar-refractivity contribution in [3.63, 3.8) is 0 Å². The molecular formula is C31H45N3O8. The van der Waals surface area contributed by atoms with Crippen LogP contribution in [-0.4, -0.2) is 76.1 Å². The summed E-state index contributed by atoms with van der Waals surface area (Å²) in [7, 11) is 0. The molecule has 1 fully saturated rings. The second-order valence-electron chi connectivity index (χ2n) is 10.2. The highest BCUT2D eigenvalue weighted by Crippen LogP contribution is 2.22. The number of aromatic hydroxyl groups is 1. The third-order valence-electron chi connectivity index (χ3n) is 6.66. The molecule has 0 aromatic heterocycles. The van der Waals surface area contributed by atoms with Gasteiger partial charge in [-0.15, -0.1) is 0 Å². The number of aliphatic hydroxyl groups excluding tert-OH is 2. The molecule has 2 aromatic rings. The Morgan fingerprint density at radius 2 is 1.71 bits per heavy atom. The predicted molar refractivity (Wildman–Crippen MR) is 158 cm³/mol. The zero-order valence-electron chi connectivity index (χ0n) is 24.4. The van der Waals surface area contributed by atoms with Crippen molar-refractivity contribution in [3.05, 3.63) is 64.7 Å². The van der Waals surface area contributed by atoms with Crippen LogP contribution < -0.4 is 10.6 Å². The molecule has 11 nitrogen and oxygen atoms in total. The van der Waals surface area contributed by atoms with Crippen LogP contribution in [0.3, 0.4) is 0 Å². The average molecular weight is 588 g/mol. The van der Waals surface area contributed by atoms with Crippen molar-refractivity contribution < 1.29 is 39.5 Å². The fourth-order valence-corrected chi connectivity index (χ4v) is 4.42. The predicted octanol–water partition coefficient (Wildman–Crippen LogP) is 3.25. The van der Waals surface area contributed by atoms with E-state index in [1.165, 1.54) is 16.5 Å². The number of carbonyl (C=O) groups excluding carboxylic acids is 2. The summed E-state index contributed by atoms with van der Waals surface area (Å²) >= 11 is 0. The zero-order chi connectivity index (χ0) is 30.7. The number of ether oxygens (including phenoxy) is 1. The summed E-state index contributed by atoms with van der Waals surface area (Å²) in [6, 6.07) is 12.5. The van der Waals surface area contributed by atoms with Gasteiger partial charge in [-0.05, 0) is 67.5 Å². The Balaban J connectivity index is 0.00000144. The number of unbranched alkanes of at least 4 members (excludes halogenated alkanes) is 4. The van der Waals surface area contributed by atoms with E-state index in [0.29, 0.717) is 24.2 Å². The van der Waals surface area contributed by atoms with E-state index in [-0.39, 0.29) is 30.8 Å². The molecule has 3 rings (SSSR count). The van der Waals surface area contributed by atoms with Gasteiger partial charge in [0.05, 0.1) is 25.8 Å². The number of hydrogen-bond acceptors (Lipinski definition) is 8. The topological polar surface area (TPSA) is 169 Å². The van der Waals surface area contributed by atoms with Gasteiger partial charge in [0.2, 0.25) is 5.91 Å². The Bertz CT molecular complexity index is 1110. The Morgan fingerprint density at radius 1 is 1.02 bits per heavy atom. The van der Waals surface area contributed by atoms with Crippen LogP contribution in [-0.2, 0) is 33.9 Å². The third kappa shape index (κ3) is 13.4. The van der Waals surface area contributed by atoms with Crippen LogP contribution in [0.15, 0.2) is 42.5 Å². The maximum absolute atomic E-state index is 11.8. The van der Waals surface area contributed by atoms with Gasteiger partial charge in [-0.25, -0.2) is 4.79 Å². The molecule has 1 saturated heterocycles. The average Bonchev–Trinajstić information content (AvgIpc) is 3.27. The first-order chi connectivity index (χ1) is 20.2. The number of imide groups is 1. The minimum Gasteiger partial charge on any atom is -0.508 e. The number of rotatable bonds is 18. The monoisotopic (exact) mass is 587 g/mol. The number of urea groups is 1. The lowest BCUT2D eigenvalue weighted by atomic mass is 10.1. The van der Waals surface area contributed by atoms with E-state index in [0.717, 1.165) is 77.2 Å². The maximum Gasteiger partial charge on any atom is 0.324 e. The van der Waals surface area contributed by atoms with Crippen molar-refractivity contribution >= 4 is 17.9 Å². The van der Waals surface area contributed by atoms with E-state index in [2.05, 4.69) is 22.8 Å². The quantitative estimate of drug-likeness (QED) is 0.113. The molecule has 1 atom stereocenters. The van der Waals surface area contributed by atoms with Crippen LogP contribution >= 0.6 is 0 Å². The lowest BCUT2D eigenvalue weighted by molar-refractivity contribution is -0.134. The van der Waals surface area contributed by atoms with Gasteiger partial charge < -0.3 is 35.8 Å². The lowest BCUT2D eigenvalue weighted by Crippen LogP contribution is -2.30. The fourth-order valence-electron chi connectivity index (χ4n) is 4.42. The summed E-state index contributed by atoms with van der Waals surface area (Å²) in [5.74, 6) is -0.983. The number of aryl methyl sites for hydroxylation is 1. The van der Waals surface area contributed by atoms with E-state index in [9.17, 15) is 24.9 Å². The second kappa shape index (κ2) is 19.6. The van der Waals surface area contributed by atoms with Gasteiger partial charge in [0.1, 0.15) is 5.75 Å². The molecule has 0 unspecified atom stereocenters. The summed E-state index contributed by atoms with van der Waals surface area (Å²) in [5.41, 5.74) is 3.26. The lowest BCUT2D eigenvalue weighted by Gasteiger charge is -2.14. The first kappa shape index (κ1) is 34.7. The van der Waals surface area contributed by atoms with Gasteiger partial charge in [-0.2, -0.15) is 0 Å². The third-order valence-corrected chi connectivity index (χ3v) is 6.66. The van der Waals surface area contributed by atoms with E-state index in [1.807, 2.05) is 12.1 Å². The number of benzene rings is 2. The van der Waals surface area contributed by atoms with E-state index >= 15 is 0 Å². The number of amides is 3. The van der Waals surface area contributed by atoms with Gasteiger partial charge in [0.15, 0.2) is 0 Å². The molecule has 11 heteroatoms. The largest absolute Gasteiger partial charge is 0.508 e. The summed E-state index contributed by atoms with van der Waals surface area (Å²) in [6.45, 7) is 3.98. The van der Waals surface area contributed by atoms with Crippen molar-refractivity contribution in [1.29, 1.82) is 0 Å². The van der Waals surface area contributed by atoms with Gasteiger partial charge in [-0.3, -0.25) is 14.5 Å². The molecule has 2 aromatic carbocycles. The molecule has 0 radical (unpaired) electrons. The first-order valence-electron chi connectivity index (χ1n) is 14.5. The number of phenols is 1. The van der Waals surface area contributed by atoms with Crippen LogP contribution in [0.25, 0.3) is 0 Å². The molecule has 6 N–H and O–H groups in total. The summed E-state index contributed by atoms with van der Waals surface area (Å²) in [4.78, 5) is 33.7. The van der Waals surface area contributed by atoms with Gasteiger partial charge in [-0.1, -0.05) is 43.2 Å². The molecular weight excluding hydrogens is 542 g/mol. The van der Waals surface area contributed by atoms with Gasteiger partial charge in [0, 0.05) is 32.2 Å². The Labute approximate surface area is 247 Å². The molecule has 0 bridgehead atoms. The maximum atomic E-state index is 11.8. The number of carbonyl (C=O) groups is 3.